The number of carbonyl (C=O) groups is 2. The molecule has 0 saturated carbocycles. The van der Waals surface area contributed by atoms with Crippen molar-refractivity contribution >= 4 is 40.6 Å². The lowest BCUT2D eigenvalue weighted by Gasteiger charge is -2.21. The van der Waals surface area contributed by atoms with Gasteiger partial charge in [-0.25, -0.2) is 13.8 Å². The van der Waals surface area contributed by atoms with Gasteiger partial charge >= 0.3 is 0 Å². The second kappa shape index (κ2) is 8.96. The number of amides is 2. The summed E-state index contributed by atoms with van der Waals surface area (Å²) in [5, 5.41) is 2.53. The molecular formula is C21H17ClF2N4O2. The third-order valence-corrected chi connectivity index (χ3v) is 4.59. The first-order valence-corrected chi connectivity index (χ1v) is 9.25. The van der Waals surface area contributed by atoms with Crippen LogP contribution in [0.15, 0.2) is 48.8 Å². The Labute approximate surface area is 176 Å². The number of hydrogen-bond donors (Lipinski definition) is 1. The highest BCUT2D eigenvalue weighted by Crippen LogP contribution is 2.28. The molecule has 2 amide bonds. The van der Waals surface area contributed by atoms with Gasteiger partial charge in [0.2, 0.25) is 11.8 Å². The van der Waals surface area contributed by atoms with Crippen LogP contribution in [0.5, 0.6) is 0 Å². The minimum atomic E-state index is -0.687. The molecule has 0 saturated heterocycles. The smallest absolute Gasteiger partial charge is 0.229 e. The Morgan fingerprint density at radius 3 is 2.63 bits per heavy atom. The number of hydrogen-bond acceptors (Lipinski definition) is 4. The molecule has 3 aromatic rings. The number of halogens is 3. The van der Waals surface area contributed by atoms with Crippen molar-refractivity contribution < 1.29 is 18.4 Å². The van der Waals surface area contributed by atoms with E-state index in [-0.39, 0.29) is 22.9 Å². The molecule has 9 heteroatoms. The third-order valence-electron chi connectivity index (χ3n) is 4.17. The van der Waals surface area contributed by atoms with Crippen molar-refractivity contribution in [1.29, 1.82) is 0 Å². The highest BCUT2D eigenvalue weighted by atomic mass is 35.5. The van der Waals surface area contributed by atoms with Crippen LogP contribution in [-0.2, 0) is 16.0 Å². The van der Waals surface area contributed by atoms with Crippen LogP contribution in [0.25, 0.3) is 0 Å². The van der Waals surface area contributed by atoms with Gasteiger partial charge in [-0.05, 0) is 30.7 Å². The monoisotopic (exact) mass is 430 g/mol. The minimum Gasteiger partial charge on any atom is -0.326 e. The molecule has 0 unspecified atom stereocenters. The van der Waals surface area contributed by atoms with Crippen LogP contribution in [-0.4, -0.2) is 21.8 Å². The normalized spacial score (nSPS) is 10.6. The van der Waals surface area contributed by atoms with Gasteiger partial charge in [0.15, 0.2) is 5.82 Å². The zero-order chi connectivity index (χ0) is 21.8. The SMILES string of the molecule is CC(=O)N(c1cc(NC(=O)Cc2cccc(F)c2Cl)ccn1)c1cc(C)ncc1F. The maximum atomic E-state index is 14.3. The van der Waals surface area contributed by atoms with Gasteiger partial charge in [0, 0.05) is 30.6 Å². The topological polar surface area (TPSA) is 75.2 Å². The van der Waals surface area contributed by atoms with Crippen molar-refractivity contribution in [2.24, 2.45) is 0 Å². The molecule has 30 heavy (non-hydrogen) atoms. The summed E-state index contributed by atoms with van der Waals surface area (Å²) in [5.74, 6) is -2.09. The Balaban J connectivity index is 1.85. The number of benzene rings is 1. The van der Waals surface area contributed by atoms with Crippen molar-refractivity contribution in [3.8, 4) is 0 Å². The minimum absolute atomic E-state index is 0.00230. The maximum absolute atomic E-state index is 14.3. The fourth-order valence-electron chi connectivity index (χ4n) is 2.84. The second-order valence-electron chi connectivity index (χ2n) is 6.47. The summed E-state index contributed by atoms with van der Waals surface area (Å²) in [6.07, 6.45) is 2.25. The lowest BCUT2D eigenvalue weighted by Crippen LogP contribution is -2.25. The first-order valence-electron chi connectivity index (χ1n) is 8.88. The van der Waals surface area contributed by atoms with Crippen molar-refractivity contribution in [3.05, 3.63) is 76.7 Å². The lowest BCUT2D eigenvalue weighted by atomic mass is 10.1. The fourth-order valence-corrected chi connectivity index (χ4v) is 3.03. The van der Waals surface area contributed by atoms with Gasteiger partial charge in [0.05, 0.1) is 23.3 Å². The molecule has 3 rings (SSSR count). The first-order chi connectivity index (χ1) is 14.3. The summed E-state index contributed by atoms with van der Waals surface area (Å²) in [6, 6.07) is 8.59. The summed E-state index contributed by atoms with van der Waals surface area (Å²) in [7, 11) is 0. The molecular weight excluding hydrogens is 414 g/mol. The van der Waals surface area contributed by atoms with Crippen molar-refractivity contribution in [2.45, 2.75) is 20.3 Å². The van der Waals surface area contributed by atoms with Crippen LogP contribution in [0, 0.1) is 18.6 Å². The Hall–Kier alpha value is -3.39. The van der Waals surface area contributed by atoms with Crippen LogP contribution < -0.4 is 10.2 Å². The van der Waals surface area contributed by atoms with Gasteiger partial charge in [-0.2, -0.15) is 0 Å². The molecule has 0 aliphatic heterocycles. The number of pyridine rings is 2. The van der Waals surface area contributed by atoms with Crippen LogP contribution in [0.1, 0.15) is 18.2 Å². The first kappa shape index (κ1) is 21.3. The van der Waals surface area contributed by atoms with Crippen LogP contribution in [0.4, 0.5) is 26.0 Å². The van der Waals surface area contributed by atoms with E-state index in [1.807, 2.05) is 0 Å². The van der Waals surface area contributed by atoms with Crippen LogP contribution in [0.3, 0.4) is 0 Å². The van der Waals surface area contributed by atoms with E-state index < -0.39 is 23.4 Å². The number of nitrogens with zero attached hydrogens (tertiary/aromatic N) is 3. The Bertz CT molecular complexity index is 1120. The highest BCUT2D eigenvalue weighted by Gasteiger charge is 2.20. The molecule has 1 aromatic carbocycles. The number of carbonyl (C=O) groups excluding carboxylic acids is 2. The van der Waals surface area contributed by atoms with E-state index in [0.29, 0.717) is 16.9 Å². The van der Waals surface area contributed by atoms with Gasteiger partial charge in [0.25, 0.3) is 0 Å². The zero-order valence-corrected chi connectivity index (χ0v) is 16.9. The quantitative estimate of drug-likeness (QED) is 0.642. The predicted octanol–water partition coefficient (Wildman–Crippen LogP) is 4.58. The van der Waals surface area contributed by atoms with E-state index in [1.54, 1.807) is 13.0 Å². The predicted molar refractivity (Wildman–Crippen MR) is 110 cm³/mol. The van der Waals surface area contributed by atoms with E-state index in [0.717, 1.165) is 11.1 Å². The number of anilines is 3. The van der Waals surface area contributed by atoms with Gasteiger partial charge in [-0.15, -0.1) is 0 Å². The molecule has 0 radical (unpaired) electrons. The van der Waals surface area contributed by atoms with E-state index >= 15 is 0 Å². The fraction of sp³-hybridized carbons (Fsp3) is 0.143. The summed E-state index contributed by atoms with van der Waals surface area (Å²) >= 11 is 5.89. The molecule has 2 aromatic heterocycles. The van der Waals surface area contributed by atoms with Gasteiger partial charge in [0.1, 0.15) is 11.6 Å². The van der Waals surface area contributed by atoms with Gasteiger partial charge in [-0.1, -0.05) is 23.7 Å². The van der Waals surface area contributed by atoms with E-state index in [4.69, 9.17) is 11.6 Å². The summed E-state index contributed by atoms with van der Waals surface area (Å²) in [5.41, 5.74) is 1.18. The molecule has 0 bridgehead atoms. The molecule has 2 heterocycles. The van der Waals surface area contributed by atoms with Crippen molar-refractivity contribution in [2.75, 3.05) is 10.2 Å². The molecule has 0 spiro atoms. The van der Waals surface area contributed by atoms with E-state index in [9.17, 15) is 18.4 Å². The lowest BCUT2D eigenvalue weighted by molar-refractivity contribution is -0.116. The average Bonchev–Trinajstić information content (AvgIpc) is 2.68. The van der Waals surface area contributed by atoms with Crippen LogP contribution in [0.2, 0.25) is 5.02 Å². The van der Waals surface area contributed by atoms with Gasteiger partial charge in [-0.3, -0.25) is 19.5 Å². The average molecular weight is 431 g/mol. The highest BCUT2D eigenvalue weighted by molar-refractivity contribution is 6.31. The van der Waals surface area contributed by atoms with Crippen LogP contribution >= 0.6 is 11.6 Å². The maximum Gasteiger partial charge on any atom is 0.229 e. The molecule has 0 aliphatic rings. The Kier molecular flexibility index (Phi) is 6.37. The van der Waals surface area contributed by atoms with E-state index in [2.05, 4.69) is 15.3 Å². The Morgan fingerprint density at radius 1 is 1.13 bits per heavy atom. The Morgan fingerprint density at radius 2 is 1.90 bits per heavy atom. The molecule has 1 N–H and O–H groups in total. The molecule has 0 aliphatic carbocycles. The molecule has 0 atom stereocenters. The third kappa shape index (κ3) is 4.77. The summed E-state index contributed by atoms with van der Waals surface area (Å²) in [6.45, 7) is 2.94. The largest absolute Gasteiger partial charge is 0.326 e. The number of aromatic nitrogens is 2. The van der Waals surface area contributed by atoms with Gasteiger partial charge < -0.3 is 5.32 Å². The summed E-state index contributed by atoms with van der Waals surface area (Å²) < 4.78 is 27.8. The van der Waals surface area contributed by atoms with E-state index in [1.165, 1.54) is 43.5 Å². The number of nitrogens with one attached hydrogen (secondary N) is 1. The zero-order valence-electron chi connectivity index (χ0n) is 16.1. The number of rotatable bonds is 5. The molecule has 6 nitrogen and oxygen atoms in total. The van der Waals surface area contributed by atoms with Crippen molar-refractivity contribution in [1.82, 2.24) is 9.97 Å². The number of aryl methyl sites for hydroxylation is 1. The molecule has 0 fully saturated rings. The molecule has 154 valence electrons. The van der Waals surface area contributed by atoms with Crippen molar-refractivity contribution in [3.63, 3.8) is 0 Å². The standard InChI is InChI=1S/C21H17ClF2N4O2/c1-12-8-18(17(24)11-26-12)28(13(2)29)19-10-15(6-7-25-19)27-20(30)9-14-4-3-5-16(23)21(14)22/h3-8,10-11H,9H2,1-2H3,(H,25,27,30). The second-order valence-corrected chi connectivity index (χ2v) is 6.85. The summed E-state index contributed by atoms with van der Waals surface area (Å²) in [4.78, 5) is 33.6.